The Kier molecular flexibility index (Phi) is 11.0. The van der Waals surface area contributed by atoms with Crippen molar-refractivity contribution >= 4 is 0 Å². The molecule has 0 aromatic rings. The predicted molar refractivity (Wildman–Crippen MR) is 89.5 cm³/mol. The van der Waals surface area contributed by atoms with Gasteiger partial charge in [-0.25, -0.2) is 0 Å². The molecule has 19 heavy (non-hydrogen) atoms. The molecule has 0 bridgehead atoms. The quantitative estimate of drug-likeness (QED) is 0.280. The van der Waals surface area contributed by atoms with Crippen LogP contribution in [0.5, 0.6) is 0 Å². The van der Waals surface area contributed by atoms with E-state index in [1.165, 1.54) is 62.5 Å². The summed E-state index contributed by atoms with van der Waals surface area (Å²) in [4.78, 5) is 0. The number of allylic oxidation sites excluding steroid dienone is 3. The molecule has 0 aromatic carbocycles. The maximum atomic E-state index is 3.91. The second kappa shape index (κ2) is 11.3. The summed E-state index contributed by atoms with van der Waals surface area (Å²) in [6.45, 7) is 15.4. The van der Waals surface area contributed by atoms with Crippen LogP contribution in [0.15, 0.2) is 23.8 Å². The highest BCUT2D eigenvalue weighted by Gasteiger charge is 2.14. The second-order valence-electron chi connectivity index (χ2n) is 6.26. The first-order valence-electron chi connectivity index (χ1n) is 8.35. The first-order valence-corrected chi connectivity index (χ1v) is 8.35. The first-order chi connectivity index (χ1) is 9.06. The summed E-state index contributed by atoms with van der Waals surface area (Å²) in [6.07, 6.45) is 12.9. The standard InChI is InChI=1S/C19H36/c1-7-10-14-19(9-3)17(6)13-11-12-15-18(8-2)16(4)5/h8,17,19H,2,7,9-15H2,1,3-6H3. The van der Waals surface area contributed by atoms with Gasteiger partial charge in [-0.05, 0) is 44.1 Å². The molecule has 0 aliphatic heterocycles. The third-order valence-electron chi connectivity index (χ3n) is 4.50. The van der Waals surface area contributed by atoms with Gasteiger partial charge in [0.2, 0.25) is 0 Å². The van der Waals surface area contributed by atoms with Gasteiger partial charge in [-0.2, -0.15) is 0 Å². The van der Waals surface area contributed by atoms with Gasteiger partial charge in [0.05, 0.1) is 0 Å². The van der Waals surface area contributed by atoms with Crippen LogP contribution >= 0.6 is 0 Å². The highest BCUT2D eigenvalue weighted by Crippen LogP contribution is 2.27. The van der Waals surface area contributed by atoms with Crippen LogP contribution in [0.25, 0.3) is 0 Å². The van der Waals surface area contributed by atoms with E-state index in [1.54, 1.807) is 0 Å². The van der Waals surface area contributed by atoms with Crippen molar-refractivity contribution < 1.29 is 0 Å². The molecule has 2 atom stereocenters. The minimum atomic E-state index is 0.899. The molecule has 0 N–H and O–H groups in total. The molecule has 2 unspecified atom stereocenters. The Labute approximate surface area is 122 Å². The first kappa shape index (κ1) is 18.5. The molecule has 0 nitrogen and oxygen atoms in total. The van der Waals surface area contributed by atoms with Crippen LogP contribution in [0.3, 0.4) is 0 Å². The topological polar surface area (TPSA) is 0 Å². The van der Waals surface area contributed by atoms with Crippen LogP contribution in [0, 0.1) is 11.8 Å². The summed E-state index contributed by atoms with van der Waals surface area (Å²) in [7, 11) is 0. The van der Waals surface area contributed by atoms with Crippen LogP contribution < -0.4 is 0 Å². The molecule has 0 aliphatic rings. The highest BCUT2D eigenvalue weighted by molar-refractivity contribution is 5.21. The largest absolute Gasteiger partial charge is 0.0988 e. The van der Waals surface area contributed by atoms with Gasteiger partial charge in [0.25, 0.3) is 0 Å². The molecule has 0 aliphatic carbocycles. The van der Waals surface area contributed by atoms with Crippen LogP contribution in [-0.2, 0) is 0 Å². The smallest absolute Gasteiger partial charge is 0.0280 e. The van der Waals surface area contributed by atoms with Crippen LogP contribution in [-0.4, -0.2) is 0 Å². The summed E-state index contributed by atoms with van der Waals surface area (Å²) in [6, 6.07) is 0. The number of unbranched alkanes of at least 4 members (excludes halogenated alkanes) is 2. The lowest BCUT2D eigenvalue weighted by Crippen LogP contribution is -2.11. The number of hydrogen-bond donors (Lipinski definition) is 0. The fourth-order valence-corrected chi connectivity index (χ4v) is 2.93. The third-order valence-corrected chi connectivity index (χ3v) is 4.50. The number of hydrogen-bond acceptors (Lipinski definition) is 0. The van der Waals surface area contributed by atoms with Gasteiger partial charge in [0.1, 0.15) is 0 Å². The van der Waals surface area contributed by atoms with E-state index in [9.17, 15) is 0 Å². The maximum absolute atomic E-state index is 3.91. The van der Waals surface area contributed by atoms with Crippen molar-refractivity contribution in [3.05, 3.63) is 23.8 Å². The van der Waals surface area contributed by atoms with Gasteiger partial charge in [0, 0.05) is 0 Å². The third kappa shape index (κ3) is 8.29. The van der Waals surface area contributed by atoms with Gasteiger partial charge in [-0.1, -0.05) is 77.5 Å². The van der Waals surface area contributed by atoms with Gasteiger partial charge >= 0.3 is 0 Å². The Balaban J connectivity index is 3.92. The van der Waals surface area contributed by atoms with E-state index in [0.29, 0.717) is 0 Å². The summed E-state index contributed by atoms with van der Waals surface area (Å²) >= 11 is 0. The van der Waals surface area contributed by atoms with Gasteiger partial charge < -0.3 is 0 Å². The minimum absolute atomic E-state index is 0.899. The lowest BCUT2D eigenvalue weighted by atomic mass is 9.84. The Bertz CT molecular complexity index is 255. The molecule has 0 saturated heterocycles. The molecule has 0 radical (unpaired) electrons. The zero-order valence-corrected chi connectivity index (χ0v) is 14.1. The van der Waals surface area contributed by atoms with Crippen molar-refractivity contribution in [1.82, 2.24) is 0 Å². The zero-order chi connectivity index (χ0) is 14.7. The van der Waals surface area contributed by atoms with Crippen molar-refractivity contribution in [3.63, 3.8) is 0 Å². The lowest BCUT2D eigenvalue weighted by Gasteiger charge is -2.22. The average Bonchev–Trinajstić information content (AvgIpc) is 2.39. The molecule has 0 spiro atoms. The van der Waals surface area contributed by atoms with E-state index >= 15 is 0 Å². The molecule has 0 saturated carbocycles. The van der Waals surface area contributed by atoms with E-state index in [-0.39, 0.29) is 0 Å². The molecular formula is C19H36. The van der Waals surface area contributed by atoms with E-state index in [1.807, 2.05) is 6.08 Å². The summed E-state index contributed by atoms with van der Waals surface area (Å²) in [5.74, 6) is 1.85. The molecular weight excluding hydrogens is 228 g/mol. The van der Waals surface area contributed by atoms with Crippen molar-refractivity contribution in [2.45, 2.75) is 86.0 Å². The molecule has 112 valence electrons. The Hall–Kier alpha value is -0.520. The fourth-order valence-electron chi connectivity index (χ4n) is 2.93. The molecule has 0 heteroatoms. The van der Waals surface area contributed by atoms with Crippen LogP contribution in [0.2, 0.25) is 0 Å². The van der Waals surface area contributed by atoms with Gasteiger partial charge in [-0.15, -0.1) is 0 Å². The Morgan fingerprint density at radius 2 is 1.74 bits per heavy atom. The van der Waals surface area contributed by atoms with Crippen molar-refractivity contribution in [2.75, 3.05) is 0 Å². The van der Waals surface area contributed by atoms with Gasteiger partial charge in [0.15, 0.2) is 0 Å². The molecule has 0 aromatic heterocycles. The fraction of sp³-hybridized carbons (Fsp3) is 0.789. The number of rotatable bonds is 11. The molecule has 0 fully saturated rings. The Morgan fingerprint density at radius 1 is 1.05 bits per heavy atom. The monoisotopic (exact) mass is 264 g/mol. The molecule has 0 heterocycles. The second-order valence-corrected chi connectivity index (χ2v) is 6.26. The van der Waals surface area contributed by atoms with Crippen LogP contribution in [0.1, 0.15) is 86.0 Å². The highest BCUT2D eigenvalue weighted by atomic mass is 14.2. The maximum Gasteiger partial charge on any atom is -0.0280 e. The SMILES string of the molecule is C=CC(CCCCC(C)C(CC)CCCC)=C(C)C. The van der Waals surface area contributed by atoms with E-state index in [0.717, 1.165) is 11.8 Å². The normalized spacial score (nSPS) is 13.9. The Morgan fingerprint density at radius 3 is 2.21 bits per heavy atom. The summed E-state index contributed by atoms with van der Waals surface area (Å²) in [5, 5.41) is 0. The summed E-state index contributed by atoms with van der Waals surface area (Å²) < 4.78 is 0. The molecule has 0 amide bonds. The van der Waals surface area contributed by atoms with Crippen molar-refractivity contribution in [1.29, 1.82) is 0 Å². The van der Waals surface area contributed by atoms with Gasteiger partial charge in [-0.3, -0.25) is 0 Å². The van der Waals surface area contributed by atoms with E-state index in [2.05, 4.69) is 41.2 Å². The van der Waals surface area contributed by atoms with Crippen molar-refractivity contribution in [3.8, 4) is 0 Å². The summed E-state index contributed by atoms with van der Waals surface area (Å²) in [5.41, 5.74) is 2.88. The van der Waals surface area contributed by atoms with Crippen molar-refractivity contribution in [2.24, 2.45) is 11.8 Å². The van der Waals surface area contributed by atoms with Crippen LogP contribution in [0.4, 0.5) is 0 Å². The van der Waals surface area contributed by atoms with E-state index in [4.69, 9.17) is 0 Å². The van der Waals surface area contributed by atoms with E-state index < -0.39 is 0 Å². The average molecular weight is 264 g/mol. The zero-order valence-electron chi connectivity index (χ0n) is 14.1. The lowest BCUT2D eigenvalue weighted by molar-refractivity contribution is 0.294. The predicted octanol–water partition coefficient (Wildman–Crippen LogP) is 6.92. The molecule has 0 rings (SSSR count). The minimum Gasteiger partial charge on any atom is -0.0988 e.